The van der Waals surface area contributed by atoms with Crippen LogP contribution in [0.4, 0.5) is 11.6 Å². The lowest BCUT2D eigenvalue weighted by atomic mass is 10.1. The van der Waals surface area contributed by atoms with Crippen LogP contribution >= 0.6 is 0 Å². The third kappa shape index (κ3) is 4.70. The van der Waals surface area contributed by atoms with E-state index in [1.165, 1.54) is 6.33 Å². The number of aromatic nitrogens is 2. The molecule has 0 amide bonds. The zero-order chi connectivity index (χ0) is 14.1. The SMILES string of the molecule is CCCc1c(NN)ncnc1NCCC(=O)OCC. The van der Waals surface area contributed by atoms with E-state index in [2.05, 4.69) is 27.6 Å². The highest BCUT2D eigenvalue weighted by molar-refractivity contribution is 5.70. The van der Waals surface area contributed by atoms with Gasteiger partial charge < -0.3 is 15.5 Å². The predicted octanol–water partition coefficient (Wildman–Crippen LogP) is 1.08. The van der Waals surface area contributed by atoms with E-state index in [-0.39, 0.29) is 5.97 Å². The highest BCUT2D eigenvalue weighted by Crippen LogP contribution is 2.20. The van der Waals surface area contributed by atoms with Gasteiger partial charge in [-0.05, 0) is 13.3 Å². The van der Waals surface area contributed by atoms with Gasteiger partial charge in [0.05, 0.1) is 13.0 Å². The number of nitrogens with two attached hydrogens (primary N) is 1. The summed E-state index contributed by atoms with van der Waals surface area (Å²) in [7, 11) is 0. The first-order valence-electron chi connectivity index (χ1n) is 6.42. The second-order valence-corrected chi connectivity index (χ2v) is 3.93. The van der Waals surface area contributed by atoms with Crippen molar-refractivity contribution in [1.29, 1.82) is 0 Å². The number of ether oxygens (including phenoxy) is 1. The summed E-state index contributed by atoms with van der Waals surface area (Å²) in [4.78, 5) is 19.5. The van der Waals surface area contributed by atoms with E-state index in [0.29, 0.717) is 31.2 Å². The fourth-order valence-electron chi connectivity index (χ4n) is 1.69. The van der Waals surface area contributed by atoms with Gasteiger partial charge in [0.2, 0.25) is 0 Å². The number of anilines is 2. The normalized spacial score (nSPS) is 10.1. The van der Waals surface area contributed by atoms with Crippen LogP contribution in [0.2, 0.25) is 0 Å². The number of carbonyl (C=O) groups is 1. The molecule has 0 aromatic carbocycles. The van der Waals surface area contributed by atoms with Crippen LogP contribution in [0.25, 0.3) is 0 Å². The average molecular weight is 267 g/mol. The Labute approximate surface area is 112 Å². The predicted molar refractivity (Wildman–Crippen MR) is 73.6 cm³/mol. The van der Waals surface area contributed by atoms with Crippen LogP contribution in [-0.2, 0) is 16.0 Å². The second-order valence-electron chi connectivity index (χ2n) is 3.93. The number of carbonyl (C=O) groups excluding carboxylic acids is 1. The molecule has 0 unspecified atom stereocenters. The van der Waals surface area contributed by atoms with E-state index in [0.717, 1.165) is 18.4 Å². The minimum absolute atomic E-state index is 0.224. The van der Waals surface area contributed by atoms with Crippen LogP contribution in [0.5, 0.6) is 0 Å². The largest absolute Gasteiger partial charge is 0.466 e. The highest BCUT2D eigenvalue weighted by atomic mass is 16.5. The van der Waals surface area contributed by atoms with Gasteiger partial charge in [0, 0.05) is 12.1 Å². The van der Waals surface area contributed by atoms with Crippen molar-refractivity contribution < 1.29 is 9.53 Å². The summed E-state index contributed by atoms with van der Waals surface area (Å²) in [6, 6.07) is 0. The first-order valence-corrected chi connectivity index (χ1v) is 6.42. The van der Waals surface area contributed by atoms with E-state index >= 15 is 0 Å². The van der Waals surface area contributed by atoms with Gasteiger partial charge >= 0.3 is 5.97 Å². The van der Waals surface area contributed by atoms with Gasteiger partial charge in [0.1, 0.15) is 18.0 Å². The molecule has 7 heteroatoms. The summed E-state index contributed by atoms with van der Waals surface area (Å²) in [6.07, 6.45) is 3.49. The van der Waals surface area contributed by atoms with Crippen molar-refractivity contribution in [3.8, 4) is 0 Å². The molecule has 0 spiro atoms. The standard InChI is InChI=1S/C12H21N5O2/c1-3-5-9-11(15-8-16-12(9)17-13)14-7-6-10(18)19-4-2/h8H,3-7,13H2,1-2H3,(H2,14,15,16,17). The molecule has 0 radical (unpaired) electrons. The van der Waals surface area contributed by atoms with Crippen LogP contribution in [0, 0.1) is 0 Å². The molecule has 0 aliphatic rings. The molecule has 1 aromatic rings. The second kappa shape index (κ2) is 8.25. The van der Waals surface area contributed by atoms with Gasteiger partial charge in [0.15, 0.2) is 0 Å². The molecule has 7 nitrogen and oxygen atoms in total. The van der Waals surface area contributed by atoms with Crippen LogP contribution in [0.15, 0.2) is 6.33 Å². The summed E-state index contributed by atoms with van der Waals surface area (Å²) >= 11 is 0. The van der Waals surface area contributed by atoms with Crippen molar-refractivity contribution >= 4 is 17.6 Å². The van der Waals surface area contributed by atoms with Gasteiger partial charge in [-0.1, -0.05) is 13.3 Å². The van der Waals surface area contributed by atoms with E-state index in [1.54, 1.807) is 6.92 Å². The minimum Gasteiger partial charge on any atom is -0.466 e. The van der Waals surface area contributed by atoms with Crippen LogP contribution in [0.3, 0.4) is 0 Å². The van der Waals surface area contributed by atoms with Crippen molar-refractivity contribution in [2.24, 2.45) is 5.84 Å². The first kappa shape index (κ1) is 15.2. The Morgan fingerprint density at radius 1 is 1.37 bits per heavy atom. The molecule has 1 rings (SSSR count). The molecule has 19 heavy (non-hydrogen) atoms. The number of hydrogen-bond donors (Lipinski definition) is 3. The van der Waals surface area contributed by atoms with E-state index in [4.69, 9.17) is 10.6 Å². The van der Waals surface area contributed by atoms with E-state index in [9.17, 15) is 4.79 Å². The average Bonchev–Trinajstić information content (AvgIpc) is 2.41. The van der Waals surface area contributed by atoms with E-state index in [1.807, 2.05) is 0 Å². The summed E-state index contributed by atoms with van der Waals surface area (Å²) in [5.74, 6) is 6.51. The van der Waals surface area contributed by atoms with Gasteiger partial charge in [-0.25, -0.2) is 15.8 Å². The first-order chi connectivity index (χ1) is 9.22. The molecule has 4 N–H and O–H groups in total. The van der Waals surface area contributed by atoms with Gasteiger partial charge in [-0.15, -0.1) is 0 Å². The maximum Gasteiger partial charge on any atom is 0.307 e. The fourth-order valence-corrected chi connectivity index (χ4v) is 1.69. The van der Waals surface area contributed by atoms with Crippen molar-refractivity contribution in [3.63, 3.8) is 0 Å². The smallest absolute Gasteiger partial charge is 0.307 e. The fraction of sp³-hybridized carbons (Fsp3) is 0.583. The zero-order valence-corrected chi connectivity index (χ0v) is 11.4. The number of esters is 1. The molecule has 0 fully saturated rings. The topological polar surface area (TPSA) is 102 Å². The number of nitrogen functional groups attached to an aromatic ring is 1. The Hall–Kier alpha value is -1.89. The maximum absolute atomic E-state index is 11.2. The van der Waals surface area contributed by atoms with Crippen molar-refractivity contribution in [2.75, 3.05) is 23.9 Å². The molecular weight excluding hydrogens is 246 g/mol. The summed E-state index contributed by atoms with van der Waals surface area (Å²) in [5.41, 5.74) is 3.48. The molecule has 1 heterocycles. The molecule has 0 aliphatic heterocycles. The Morgan fingerprint density at radius 2 is 2.11 bits per heavy atom. The number of nitrogens with one attached hydrogen (secondary N) is 2. The van der Waals surface area contributed by atoms with Gasteiger partial charge in [-0.2, -0.15) is 0 Å². The number of hydrogen-bond acceptors (Lipinski definition) is 7. The molecule has 0 atom stereocenters. The summed E-state index contributed by atoms with van der Waals surface area (Å²) in [6.45, 7) is 4.72. The molecule has 0 bridgehead atoms. The Kier molecular flexibility index (Phi) is 6.59. The Morgan fingerprint density at radius 3 is 2.74 bits per heavy atom. The molecular formula is C12H21N5O2. The summed E-state index contributed by atoms with van der Waals surface area (Å²) in [5, 5.41) is 3.11. The third-order valence-electron chi connectivity index (χ3n) is 2.51. The molecule has 0 aliphatic carbocycles. The highest BCUT2D eigenvalue weighted by Gasteiger charge is 2.10. The van der Waals surface area contributed by atoms with Crippen LogP contribution in [0.1, 0.15) is 32.3 Å². The lowest BCUT2D eigenvalue weighted by Crippen LogP contribution is -2.16. The Balaban J connectivity index is 2.64. The molecule has 1 aromatic heterocycles. The number of rotatable bonds is 8. The number of hydrazine groups is 1. The van der Waals surface area contributed by atoms with Crippen molar-refractivity contribution in [3.05, 3.63) is 11.9 Å². The van der Waals surface area contributed by atoms with Crippen molar-refractivity contribution in [1.82, 2.24) is 9.97 Å². The quantitative estimate of drug-likeness (QED) is 0.368. The minimum atomic E-state index is -0.224. The van der Waals surface area contributed by atoms with Gasteiger partial charge in [-0.3, -0.25) is 4.79 Å². The van der Waals surface area contributed by atoms with Gasteiger partial charge in [0.25, 0.3) is 0 Å². The molecule has 0 saturated heterocycles. The lowest BCUT2D eigenvalue weighted by molar-refractivity contribution is -0.142. The van der Waals surface area contributed by atoms with Crippen LogP contribution < -0.4 is 16.6 Å². The zero-order valence-electron chi connectivity index (χ0n) is 11.4. The third-order valence-corrected chi connectivity index (χ3v) is 2.51. The maximum atomic E-state index is 11.2. The lowest BCUT2D eigenvalue weighted by Gasteiger charge is -2.13. The van der Waals surface area contributed by atoms with Crippen LogP contribution in [-0.4, -0.2) is 29.1 Å². The monoisotopic (exact) mass is 267 g/mol. The number of nitrogens with zero attached hydrogens (tertiary/aromatic N) is 2. The Bertz CT molecular complexity index is 411. The summed E-state index contributed by atoms with van der Waals surface area (Å²) < 4.78 is 4.86. The molecule has 106 valence electrons. The van der Waals surface area contributed by atoms with Crippen molar-refractivity contribution in [2.45, 2.75) is 33.1 Å². The molecule has 0 saturated carbocycles. The van der Waals surface area contributed by atoms with E-state index < -0.39 is 0 Å².